The molecule has 1 aromatic heterocycles. The van der Waals surface area contributed by atoms with Crippen LogP contribution in [0.4, 0.5) is 0 Å². The van der Waals surface area contributed by atoms with Gasteiger partial charge in [0.25, 0.3) is 11.5 Å². The van der Waals surface area contributed by atoms with Crippen molar-refractivity contribution in [2.45, 2.75) is 32.1 Å². The van der Waals surface area contributed by atoms with Gasteiger partial charge in [0, 0.05) is 12.3 Å². The van der Waals surface area contributed by atoms with E-state index in [-0.39, 0.29) is 29.2 Å². The summed E-state index contributed by atoms with van der Waals surface area (Å²) in [5, 5.41) is 2.92. The molecule has 1 aliphatic rings. The van der Waals surface area contributed by atoms with Gasteiger partial charge in [-0.25, -0.2) is 0 Å². The summed E-state index contributed by atoms with van der Waals surface area (Å²) in [7, 11) is 0. The van der Waals surface area contributed by atoms with Gasteiger partial charge >= 0.3 is 0 Å². The normalized spacial score (nSPS) is 20.2. The number of hydrogen-bond acceptors (Lipinski definition) is 4. The standard InChI is InChI=1S/C19H22N2O4/c1-13-7-8-15(18(22)20-13)19(23)21-16-9-10-24-12-17(16)25-11-14-5-3-2-4-6-14/h2-8,16-17H,9-12H2,1H3,(H,20,22)(H,21,23)/t16-,17-/m1/s1. The Bertz CT molecular complexity index is 772. The third-order valence-electron chi connectivity index (χ3n) is 4.23. The van der Waals surface area contributed by atoms with E-state index in [0.29, 0.717) is 26.2 Å². The lowest BCUT2D eigenvalue weighted by molar-refractivity contribution is -0.0736. The lowest BCUT2D eigenvalue weighted by Gasteiger charge is -2.32. The van der Waals surface area contributed by atoms with Gasteiger partial charge in [-0.2, -0.15) is 0 Å². The molecule has 0 spiro atoms. The zero-order valence-corrected chi connectivity index (χ0v) is 14.2. The maximum Gasteiger partial charge on any atom is 0.260 e. The first-order valence-corrected chi connectivity index (χ1v) is 8.37. The van der Waals surface area contributed by atoms with Crippen molar-refractivity contribution in [3.63, 3.8) is 0 Å². The molecule has 6 heteroatoms. The van der Waals surface area contributed by atoms with E-state index >= 15 is 0 Å². The van der Waals surface area contributed by atoms with Gasteiger partial charge in [0.15, 0.2) is 0 Å². The number of carbonyl (C=O) groups is 1. The molecule has 132 valence electrons. The molecule has 6 nitrogen and oxygen atoms in total. The summed E-state index contributed by atoms with van der Waals surface area (Å²) in [6, 6.07) is 12.9. The molecule has 1 fully saturated rings. The second-order valence-electron chi connectivity index (χ2n) is 6.16. The first-order valence-electron chi connectivity index (χ1n) is 8.37. The van der Waals surface area contributed by atoms with Crippen LogP contribution in [-0.4, -0.2) is 36.3 Å². The van der Waals surface area contributed by atoms with Crippen molar-refractivity contribution in [2.24, 2.45) is 0 Å². The number of nitrogens with one attached hydrogen (secondary N) is 2. The van der Waals surface area contributed by atoms with Crippen molar-refractivity contribution in [1.82, 2.24) is 10.3 Å². The first-order chi connectivity index (χ1) is 12.1. The van der Waals surface area contributed by atoms with Crippen molar-refractivity contribution in [1.29, 1.82) is 0 Å². The van der Waals surface area contributed by atoms with Crippen LogP contribution in [0.1, 0.15) is 28.0 Å². The number of ether oxygens (including phenoxy) is 2. The fourth-order valence-corrected chi connectivity index (χ4v) is 2.82. The average Bonchev–Trinajstić information content (AvgIpc) is 2.61. The van der Waals surface area contributed by atoms with E-state index in [2.05, 4.69) is 10.3 Å². The lowest BCUT2D eigenvalue weighted by atomic mass is 10.1. The van der Waals surface area contributed by atoms with Crippen molar-refractivity contribution in [3.8, 4) is 0 Å². The SMILES string of the molecule is Cc1ccc(C(=O)N[C@@H]2CCOC[C@H]2OCc2ccccc2)c(=O)[nH]1. The van der Waals surface area contributed by atoms with Gasteiger partial charge in [0.1, 0.15) is 11.7 Å². The fraction of sp³-hybridized carbons (Fsp3) is 0.368. The number of hydrogen-bond donors (Lipinski definition) is 2. The Morgan fingerprint density at radius 2 is 2.08 bits per heavy atom. The predicted molar refractivity (Wildman–Crippen MR) is 93.5 cm³/mol. The molecule has 2 N–H and O–H groups in total. The zero-order valence-electron chi connectivity index (χ0n) is 14.2. The quantitative estimate of drug-likeness (QED) is 0.868. The second kappa shape index (κ2) is 8.09. The highest BCUT2D eigenvalue weighted by Crippen LogP contribution is 2.14. The number of pyridine rings is 1. The van der Waals surface area contributed by atoms with Crippen LogP contribution < -0.4 is 10.9 Å². The molecule has 2 heterocycles. The minimum Gasteiger partial charge on any atom is -0.379 e. The van der Waals surface area contributed by atoms with E-state index in [1.807, 2.05) is 30.3 Å². The Labute approximate surface area is 146 Å². The Morgan fingerprint density at radius 3 is 2.84 bits per heavy atom. The number of aromatic amines is 1. The number of amides is 1. The second-order valence-corrected chi connectivity index (χ2v) is 6.16. The van der Waals surface area contributed by atoms with Crippen LogP contribution in [0, 0.1) is 6.92 Å². The van der Waals surface area contributed by atoms with Crippen molar-refractivity contribution in [2.75, 3.05) is 13.2 Å². The monoisotopic (exact) mass is 342 g/mol. The maximum absolute atomic E-state index is 12.4. The molecule has 0 radical (unpaired) electrons. The summed E-state index contributed by atoms with van der Waals surface area (Å²) >= 11 is 0. The van der Waals surface area contributed by atoms with Gasteiger partial charge in [-0.15, -0.1) is 0 Å². The molecule has 3 rings (SSSR count). The highest BCUT2D eigenvalue weighted by Gasteiger charge is 2.28. The van der Waals surface area contributed by atoms with Crippen LogP contribution in [0.15, 0.2) is 47.3 Å². The molecular weight excluding hydrogens is 320 g/mol. The number of benzene rings is 1. The molecule has 0 unspecified atom stereocenters. The first kappa shape index (κ1) is 17.4. The van der Waals surface area contributed by atoms with E-state index in [9.17, 15) is 9.59 Å². The summed E-state index contributed by atoms with van der Waals surface area (Å²) in [6.45, 7) is 3.20. The van der Waals surface area contributed by atoms with Crippen LogP contribution in [0.5, 0.6) is 0 Å². The average molecular weight is 342 g/mol. The van der Waals surface area contributed by atoms with Gasteiger partial charge in [0.2, 0.25) is 0 Å². The maximum atomic E-state index is 12.4. The summed E-state index contributed by atoms with van der Waals surface area (Å²) in [6.07, 6.45) is 0.400. The third-order valence-corrected chi connectivity index (χ3v) is 4.23. The van der Waals surface area contributed by atoms with Gasteiger partial charge in [-0.1, -0.05) is 30.3 Å². The van der Waals surface area contributed by atoms with Crippen LogP contribution in [0.2, 0.25) is 0 Å². The lowest BCUT2D eigenvalue weighted by Crippen LogP contribution is -2.50. The van der Waals surface area contributed by atoms with Crippen molar-refractivity contribution >= 4 is 5.91 Å². The van der Waals surface area contributed by atoms with E-state index in [1.165, 1.54) is 0 Å². The predicted octanol–water partition coefficient (Wildman–Crippen LogP) is 1.79. The Morgan fingerprint density at radius 1 is 1.28 bits per heavy atom. The minimum absolute atomic E-state index is 0.110. The minimum atomic E-state index is -0.388. The Hall–Kier alpha value is -2.44. The van der Waals surface area contributed by atoms with Crippen LogP contribution >= 0.6 is 0 Å². The molecule has 1 aromatic carbocycles. The van der Waals surface area contributed by atoms with Gasteiger partial charge in [-0.3, -0.25) is 9.59 Å². The summed E-state index contributed by atoms with van der Waals surface area (Å²) < 4.78 is 11.4. The molecule has 1 saturated heterocycles. The van der Waals surface area contributed by atoms with Crippen LogP contribution in [-0.2, 0) is 16.1 Å². The van der Waals surface area contributed by atoms with E-state index in [0.717, 1.165) is 11.3 Å². The molecule has 1 amide bonds. The third kappa shape index (κ3) is 4.55. The molecular formula is C19H22N2O4. The molecule has 0 saturated carbocycles. The molecule has 25 heavy (non-hydrogen) atoms. The van der Waals surface area contributed by atoms with Crippen LogP contribution in [0.3, 0.4) is 0 Å². The van der Waals surface area contributed by atoms with Crippen molar-refractivity contribution in [3.05, 3.63) is 69.6 Å². The van der Waals surface area contributed by atoms with E-state index in [1.54, 1.807) is 19.1 Å². The molecule has 0 bridgehead atoms. The number of carbonyl (C=O) groups excluding carboxylic acids is 1. The van der Waals surface area contributed by atoms with Crippen molar-refractivity contribution < 1.29 is 14.3 Å². The van der Waals surface area contributed by atoms with Gasteiger partial charge in [0.05, 0.1) is 19.3 Å². The smallest absolute Gasteiger partial charge is 0.260 e. The topological polar surface area (TPSA) is 80.4 Å². The summed E-state index contributed by atoms with van der Waals surface area (Å²) in [5.74, 6) is -0.388. The van der Waals surface area contributed by atoms with Crippen LogP contribution in [0.25, 0.3) is 0 Å². The number of aryl methyl sites for hydroxylation is 1. The number of aromatic nitrogens is 1. The summed E-state index contributed by atoms with van der Waals surface area (Å²) in [4.78, 5) is 27.0. The Balaban J connectivity index is 1.64. The highest BCUT2D eigenvalue weighted by molar-refractivity contribution is 5.94. The molecule has 0 aliphatic carbocycles. The molecule has 1 aliphatic heterocycles. The largest absolute Gasteiger partial charge is 0.379 e. The number of H-pyrrole nitrogens is 1. The Kier molecular flexibility index (Phi) is 5.63. The molecule has 2 aromatic rings. The van der Waals surface area contributed by atoms with Gasteiger partial charge < -0.3 is 19.8 Å². The zero-order chi connectivity index (χ0) is 17.6. The van der Waals surface area contributed by atoms with Gasteiger partial charge in [-0.05, 0) is 31.0 Å². The number of rotatable bonds is 5. The highest BCUT2D eigenvalue weighted by atomic mass is 16.5. The van der Waals surface area contributed by atoms with E-state index < -0.39 is 0 Å². The summed E-state index contributed by atoms with van der Waals surface area (Å²) in [5.41, 5.74) is 1.51. The molecule has 2 atom stereocenters. The fourth-order valence-electron chi connectivity index (χ4n) is 2.82. The van der Waals surface area contributed by atoms with E-state index in [4.69, 9.17) is 9.47 Å².